The van der Waals surface area contributed by atoms with Gasteiger partial charge in [-0.15, -0.1) is 0 Å². The number of hydrogen-bond donors (Lipinski definition) is 0. The van der Waals surface area contributed by atoms with Crippen molar-refractivity contribution in [3.63, 3.8) is 0 Å². The zero-order valence-corrected chi connectivity index (χ0v) is 9.64. The van der Waals surface area contributed by atoms with Crippen LogP contribution < -0.4 is 0 Å². The molecule has 0 aliphatic heterocycles. The van der Waals surface area contributed by atoms with Crippen LogP contribution in [0.4, 0.5) is 13.2 Å². The van der Waals surface area contributed by atoms with Crippen LogP contribution in [0.1, 0.15) is 15.9 Å². The molecule has 0 saturated carbocycles. The summed E-state index contributed by atoms with van der Waals surface area (Å²) in [5, 5.41) is -0.224. The lowest BCUT2D eigenvalue weighted by Crippen LogP contribution is -2.05. The van der Waals surface area contributed by atoms with E-state index >= 15 is 0 Å². The highest BCUT2D eigenvalue weighted by molar-refractivity contribution is 6.31. The number of rotatable bonds is 2. The molecule has 0 atom stereocenters. The first-order valence-corrected chi connectivity index (χ1v) is 5.31. The fourth-order valence-electron chi connectivity index (χ4n) is 1.52. The second kappa shape index (κ2) is 4.82. The molecule has 0 bridgehead atoms. The lowest BCUT2D eigenvalue weighted by atomic mass is 10.0. The highest BCUT2D eigenvalue weighted by Gasteiger charge is 2.17. The number of halogens is 4. The molecule has 0 fully saturated rings. The predicted octanol–water partition coefficient (Wildman–Crippen LogP) is 3.99. The molecule has 0 radical (unpaired) electrons. The van der Waals surface area contributed by atoms with Crippen LogP contribution in [0.2, 0.25) is 5.02 Å². The Morgan fingerprint density at radius 2 is 1.61 bits per heavy atom. The van der Waals surface area contributed by atoms with Gasteiger partial charge in [0.1, 0.15) is 11.6 Å². The van der Waals surface area contributed by atoms with Gasteiger partial charge in [-0.3, -0.25) is 4.79 Å². The van der Waals surface area contributed by atoms with Crippen LogP contribution >= 0.6 is 11.6 Å². The third kappa shape index (κ3) is 2.38. The summed E-state index contributed by atoms with van der Waals surface area (Å²) in [6, 6.07) is 6.17. The first kappa shape index (κ1) is 12.6. The third-order valence-electron chi connectivity index (χ3n) is 2.32. The van der Waals surface area contributed by atoms with E-state index in [1.807, 2.05) is 0 Å². The number of carbonyl (C=O) groups is 1. The highest BCUT2D eigenvalue weighted by atomic mass is 35.5. The van der Waals surface area contributed by atoms with Gasteiger partial charge in [0.2, 0.25) is 0 Å². The van der Waals surface area contributed by atoms with Gasteiger partial charge in [0.05, 0.1) is 10.6 Å². The molecule has 0 amide bonds. The minimum Gasteiger partial charge on any atom is -0.288 e. The van der Waals surface area contributed by atoms with Crippen LogP contribution in [0.5, 0.6) is 0 Å². The topological polar surface area (TPSA) is 17.1 Å². The molecule has 0 aliphatic carbocycles. The second-order valence-corrected chi connectivity index (χ2v) is 4.00. The largest absolute Gasteiger partial charge is 0.288 e. The van der Waals surface area contributed by atoms with Crippen LogP contribution in [0.25, 0.3) is 0 Å². The van der Waals surface area contributed by atoms with E-state index in [1.165, 1.54) is 18.2 Å². The molecule has 2 rings (SSSR count). The zero-order valence-electron chi connectivity index (χ0n) is 8.88. The van der Waals surface area contributed by atoms with Crippen molar-refractivity contribution in [2.75, 3.05) is 0 Å². The van der Waals surface area contributed by atoms with E-state index in [0.29, 0.717) is 6.07 Å². The van der Waals surface area contributed by atoms with Gasteiger partial charge >= 0.3 is 0 Å². The summed E-state index contributed by atoms with van der Waals surface area (Å²) in [6.45, 7) is 0. The highest BCUT2D eigenvalue weighted by Crippen LogP contribution is 2.21. The minimum atomic E-state index is -0.908. The molecule has 2 aromatic rings. The molecule has 92 valence electrons. The van der Waals surface area contributed by atoms with Gasteiger partial charge in [-0.25, -0.2) is 13.2 Å². The quantitative estimate of drug-likeness (QED) is 0.754. The van der Waals surface area contributed by atoms with Gasteiger partial charge in [-0.05, 0) is 24.3 Å². The Bertz CT molecular complexity index is 605. The van der Waals surface area contributed by atoms with Crippen LogP contribution in [-0.4, -0.2) is 5.78 Å². The maximum absolute atomic E-state index is 13.6. The van der Waals surface area contributed by atoms with Gasteiger partial charge in [-0.2, -0.15) is 0 Å². The Kier molecular flexibility index (Phi) is 3.39. The van der Waals surface area contributed by atoms with Crippen LogP contribution in [0, 0.1) is 17.5 Å². The fourth-order valence-corrected chi connectivity index (χ4v) is 1.69. The number of benzene rings is 2. The summed E-state index contributed by atoms with van der Waals surface area (Å²) in [4.78, 5) is 11.9. The Hall–Kier alpha value is -1.81. The second-order valence-electron chi connectivity index (χ2n) is 3.59. The molecule has 0 heterocycles. The van der Waals surface area contributed by atoms with E-state index < -0.39 is 23.2 Å². The molecule has 18 heavy (non-hydrogen) atoms. The van der Waals surface area contributed by atoms with Gasteiger partial charge in [0.25, 0.3) is 0 Å². The van der Waals surface area contributed by atoms with E-state index in [0.717, 1.165) is 12.1 Å². The van der Waals surface area contributed by atoms with Crippen molar-refractivity contribution >= 4 is 17.4 Å². The molecular weight excluding hydrogens is 265 g/mol. The Labute approximate surface area is 106 Å². The summed E-state index contributed by atoms with van der Waals surface area (Å²) in [7, 11) is 0. The molecule has 5 heteroatoms. The lowest BCUT2D eigenvalue weighted by molar-refractivity contribution is 0.103. The van der Waals surface area contributed by atoms with Crippen molar-refractivity contribution < 1.29 is 18.0 Å². The van der Waals surface area contributed by atoms with E-state index in [-0.39, 0.29) is 16.1 Å². The standard InChI is InChI=1S/C13H6ClF3O/c14-11-3-1-2-10(12(11)17)13(18)7-4-8(15)6-9(16)5-7/h1-6H. The van der Waals surface area contributed by atoms with Crippen molar-refractivity contribution in [3.05, 3.63) is 70.0 Å². The zero-order chi connectivity index (χ0) is 13.3. The van der Waals surface area contributed by atoms with Crippen molar-refractivity contribution in [3.8, 4) is 0 Å². The van der Waals surface area contributed by atoms with Crippen molar-refractivity contribution in [2.45, 2.75) is 0 Å². The summed E-state index contributed by atoms with van der Waals surface area (Å²) < 4.78 is 39.5. The lowest BCUT2D eigenvalue weighted by Gasteiger charge is -2.04. The first-order chi connectivity index (χ1) is 8.49. The normalized spacial score (nSPS) is 10.4. The van der Waals surface area contributed by atoms with Crippen molar-refractivity contribution in [2.24, 2.45) is 0 Å². The van der Waals surface area contributed by atoms with E-state index in [2.05, 4.69) is 0 Å². The summed E-state index contributed by atoms with van der Waals surface area (Å²) >= 11 is 5.53. The summed E-state index contributed by atoms with van der Waals surface area (Å²) in [5.41, 5.74) is -0.596. The molecule has 0 N–H and O–H groups in total. The molecular formula is C13H6ClF3O. The van der Waals surface area contributed by atoms with E-state index in [9.17, 15) is 18.0 Å². The number of ketones is 1. The maximum Gasteiger partial charge on any atom is 0.196 e. The number of hydrogen-bond acceptors (Lipinski definition) is 1. The van der Waals surface area contributed by atoms with Crippen molar-refractivity contribution in [1.82, 2.24) is 0 Å². The smallest absolute Gasteiger partial charge is 0.196 e. The molecule has 0 aromatic heterocycles. The molecule has 2 aromatic carbocycles. The van der Waals surface area contributed by atoms with E-state index in [4.69, 9.17) is 11.6 Å². The molecule has 1 nitrogen and oxygen atoms in total. The van der Waals surface area contributed by atoms with Gasteiger partial charge in [-0.1, -0.05) is 17.7 Å². The molecule has 0 spiro atoms. The van der Waals surface area contributed by atoms with Gasteiger partial charge in [0, 0.05) is 11.6 Å². The predicted molar refractivity (Wildman–Crippen MR) is 61.2 cm³/mol. The molecule has 0 aliphatic rings. The fraction of sp³-hybridized carbons (Fsp3) is 0. The average Bonchev–Trinajstić information content (AvgIpc) is 2.30. The minimum absolute atomic E-state index is 0.224. The molecule has 0 unspecified atom stereocenters. The van der Waals surface area contributed by atoms with Crippen molar-refractivity contribution in [1.29, 1.82) is 0 Å². The number of carbonyl (C=O) groups excluding carboxylic acids is 1. The van der Waals surface area contributed by atoms with Gasteiger partial charge in [0.15, 0.2) is 11.6 Å². The monoisotopic (exact) mass is 270 g/mol. The summed E-state index contributed by atoms with van der Waals surface area (Å²) in [5.74, 6) is -3.54. The Morgan fingerprint density at radius 3 is 2.22 bits per heavy atom. The first-order valence-electron chi connectivity index (χ1n) is 4.94. The molecule has 0 saturated heterocycles. The Balaban J connectivity index is 2.51. The van der Waals surface area contributed by atoms with Crippen LogP contribution in [-0.2, 0) is 0 Å². The summed E-state index contributed by atoms with van der Waals surface area (Å²) in [6.07, 6.45) is 0. The third-order valence-corrected chi connectivity index (χ3v) is 2.61. The SMILES string of the molecule is O=C(c1cc(F)cc(F)c1)c1cccc(Cl)c1F. The van der Waals surface area contributed by atoms with E-state index in [1.54, 1.807) is 0 Å². The Morgan fingerprint density at radius 1 is 1.00 bits per heavy atom. The van der Waals surface area contributed by atoms with Crippen LogP contribution in [0.3, 0.4) is 0 Å². The average molecular weight is 271 g/mol. The van der Waals surface area contributed by atoms with Crippen LogP contribution in [0.15, 0.2) is 36.4 Å². The maximum atomic E-state index is 13.6. The van der Waals surface area contributed by atoms with Gasteiger partial charge < -0.3 is 0 Å².